The van der Waals surface area contributed by atoms with E-state index in [-0.39, 0.29) is 5.41 Å². The summed E-state index contributed by atoms with van der Waals surface area (Å²) in [6.07, 6.45) is 5.54. The number of fused-ring (bicyclic) bond motifs is 1. The lowest BCUT2D eigenvalue weighted by molar-refractivity contribution is 0.700. The first kappa shape index (κ1) is 10.7. The van der Waals surface area contributed by atoms with Crippen molar-refractivity contribution in [2.45, 2.75) is 26.2 Å². The van der Waals surface area contributed by atoms with Gasteiger partial charge in [0.15, 0.2) is 0 Å². The molecule has 0 aliphatic rings. The van der Waals surface area contributed by atoms with E-state index in [4.69, 9.17) is 6.42 Å². The standard InChI is InChI=1S/C15H15N/c1-5-15(3,4)13-8-9-14-12(10-13)7-6-11(2)16-14/h1,6-10H,2-4H3. The fourth-order valence-corrected chi connectivity index (χ4v) is 1.70. The maximum absolute atomic E-state index is 5.54. The van der Waals surface area contributed by atoms with Crippen LogP contribution >= 0.6 is 0 Å². The molecule has 0 fully saturated rings. The number of nitrogens with zero attached hydrogens (tertiary/aromatic N) is 1. The van der Waals surface area contributed by atoms with Crippen LogP contribution in [0.4, 0.5) is 0 Å². The molecule has 0 saturated carbocycles. The third-order valence-electron chi connectivity index (χ3n) is 2.91. The van der Waals surface area contributed by atoms with Crippen LogP contribution in [0.3, 0.4) is 0 Å². The first-order valence-electron chi connectivity index (χ1n) is 5.38. The Balaban J connectivity index is 2.62. The molecule has 0 aliphatic heterocycles. The minimum absolute atomic E-state index is 0.223. The van der Waals surface area contributed by atoms with E-state index >= 15 is 0 Å². The number of benzene rings is 1. The van der Waals surface area contributed by atoms with Gasteiger partial charge < -0.3 is 0 Å². The molecule has 1 aromatic heterocycles. The van der Waals surface area contributed by atoms with E-state index in [0.29, 0.717) is 0 Å². The van der Waals surface area contributed by atoms with E-state index in [9.17, 15) is 0 Å². The van der Waals surface area contributed by atoms with Crippen molar-refractivity contribution < 1.29 is 0 Å². The van der Waals surface area contributed by atoms with Crippen LogP contribution < -0.4 is 0 Å². The number of hydrogen-bond donors (Lipinski definition) is 0. The van der Waals surface area contributed by atoms with Gasteiger partial charge in [-0.05, 0) is 44.5 Å². The van der Waals surface area contributed by atoms with Gasteiger partial charge in [0.1, 0.15) is 0 Å². The summed E-state index contributed by atoms with van der Waals surface area (Å²) in [7, 11) is 0. The van der Waals surface area contributed by atoms with Gasteiger partial charge in [-0.3, -0.25) is 4.98 Å². The van der Waals surface area contributed by atoms with Crippen LogP contribution in [0.25, 0.3) is 10.9 Å². The molecular weight excluding hydrogens is 194 g/mol. The van der Waals surface area contributed by atoms with Gasteiger partial charge in [-0.1, -0.05) is 18.1 Å². The number of hydrogen-bond acceptors (Lipinski definition) is 1. The Labute approximate surface area is 96.5 Å². The van der Waals surface area contributed by atoms with Gasteiger partial charge >= 0.3 is 0 Å². The monoisotopic (exact) mass is 209 g/mol. The number of pyridine rings is 1. The number of aromatic nitrogens is 1. The summed E-state index contributed by atoms with van der Waals surface area (Å²) in [4.78, 5) is 4.47. The topological polar surface area (TPSA) is 12.9 Å². The van der Waals surface area contributed by atoms with Crippen LogP contribution in [0.15, 0.2) is 30.3 Å². The second-order valence-electron chi connectivity index (χ2n) is 4.63. The summed E-state index contributed by atoms with van der Waals surface area (Å²) in [5.41, 5.74) is 3.00. The minimum Gasteiger partial charge on any atom is -0.253 e. The fourth-order valence-electron chi connectivity index (χ4n) is 1.70. The molecule has 0 bridgehead atoms. The highest BCUT2D eigenvalue weighted by atomic mass is 14.7. The van der Waals surface area contributed by atoms with Crippen molar-refractivity contribution in [3.05, 3.63) is 41.6 Å². The minimum atomic E-state index is -0.223. The molecule has 1 aromatic carbocycles. The molecule has 1 heteroatoms. The lowest BCUT2D eigenvalue weighted by Crippen LogP contribution is -2.13. The van der Waals surface area contributed by atoms with Crippen LogP contribution in [-0.4, -0.2) is 4.98 Å². The van der Waals surface area contributed by atoms with Crippen molar-refractivity contribution in [1.82, 2.24) is 4.98 Å². The van der Waals surface area contributed by atoms with Crippen LogP contribution in [0, 0.1) is 19.3 Å². The molecule has 80 valence electrons. The van der Waals surface area contributed by atoms with Crippen LogP contribution in [0.5, 0.6) is 0 Å². The highest BCUT2D eigenvalue weighted by Gasteiger charge is 2.17. The molecule has 0 amide bonds. The Hall–Kier alpha value is -1.81. The van der Waals surface area contributed by atoms with E-state index in [1.165, 1.54) is 0 Å². The Morgan fingerprint density at radius 1 is 1.19 bits per heavy atom. The van der Waals surface area contributed by atoms with Gasteiger partial charge in [-0.15, -0.1) is 6.42 Å². The Morgan fingerprint density at radius 3 is 2.62 bits per heavy atom. The molecule has 0 atom stereocenters. The second kappa shape index (κ2) is 3.64. The van der Waals surface area contributed by atoms with Crippen molar-refractivity contribution in [3.8, 4) is 12.3 Å². The molecule has 2 aromatic rings. The highest BCUT2D eigenvalue weighted by molar-refractivity contribution is 5.79. The number of rotatable bonds is 1. The maximum atomic E-state index is 5.54. The van der Waals surface area contributed by atoms with Gasteiger partial charge in [0.05, 0.1) is 10.9 Å². The van der Waals surface area contributed by atoms with E-state index in [1.807, 2.05) is 19.1 Å². The molecule has 0 radical (unpaired) electrons. The van der Waals surface area contributed by atoms with Crippen molar-refractivity contribution in [3.63, 3.8) is 0 Å². The normalized spacial score (nSPS) is 11.4. The smallest absolute Gasteiger partial charge is 0.0705 e. The summed E-state index contributed by atoms with van der Waals surface area (Å²) in [6, 6.07) is 10.3. The molecule has 1 nitrogen and oxygen atoms in total. The van der Waals surface area contributed by atoms with Crippen molar-refractivity contribution in [2.75, 3.05) is 0 Å². The summed E-state index contributed by atoms with van der Waals surface area (Å²) in [5.74, 6) is 2.81. The summed E-state index contributed by atoms with van der Waals surface area (Å²) in [5, 5.41) is 1.14. The van der Waals surface area contributed by atoms with Gasteiger partial charge in [-0.25, -0.2) is 0 Å². The van der Waals surface area contributed by atoms with Crippen LogP contribution in [0.1, 0.15) is 25.1 Å². The van der Waals surface area contributed by atoms with E-state index in [1.54, 1.807) is 0 Å². The zero-order valence-corrected chi connectivity index (χ0v) is 9.91. The quantitative estimate of drug-likeness (QED) is 0.655. The van der Waals surface area contributed by atoms with Gasteiger partial charge in [-0.2, -0.15) is 0 Å². The SMILES string of the molecule is C#CC(C)(C)c1ccc2nc(C)ccc2c1. The summed E-state index contributed by atoms with van der Waals surface area (Å²) < 4.78 is 0. The first-order chi connectivity index (χ1) is 7.53. The van der Waals surface area contributed by atoms with Crippen molar-refractivity contribution in [2.24, 2.45) is 0 Å². The van der Waals surface area contributed by atoms with Crippen LogP contribution in [0.2, 0.25) is 0 Å². The fraction of sp³-hybridized carbons (Fsp3) is 0.267. The van der Waals surface area contributed by atoms with Crippen molar-refractivity contribution >= 4 is 10.9 Å². The van der Waals surface area contributed by atoms with E-state index < -0.39 is 0 Å². The zero-order chi connectivity index (χ0) is 11.8. The molecule has 16 heavy (non-hydrogen) atoms. The third kappa shape index (κ3) is 1.79. The largest absolute Gasteiger partial charge is 0.253 e. The predicted octanol–water partition coefficient (Wildman–Crippen LogP) is 3.45. The van der Waals surface area contributed by atoms with Gasteiger partial charge in [0.25, 0.3) is 0 Å². The molecular formula is C15H15N. The summed E-state index contributed by atoms with van der Waals surface area (Å²) >= 11 is 0. The zero-order valence-electron chi connectivity index (χ0n) is 9.91. The van der Waals surface area contributed by atoms with E-state index in [0.717, 1.165) is 22.2 Å². The molecule has 0 saturated heterocycles. The molecule has 1 heterocycles. The van der Waals surface area contributed by atoms with Gasteiger partial charge in [0, 0.05) is 11.1 Å². The number of terminal acetylenes is 1. The Bertz CT molecular complexity index is 573. The molecule has 0 aliphatic carbocycles. The third-order valence-corrected chi connectivity index (χ3v) is 2.91. The predicted molar refractivity (Wildman–Crippen MR) is 68.3 cm³/mol. The summed E-state index contributed by atoms with van der Waals surface area (Å²) in [6.45, 7) is 6.10. The molecule has 0 spiro atoms. The van der Waals surface area contributed by atoms with Crippen molar-refractivity contribution in [1.29, 1.82) is 0 Å². The second-order valence-corrected chi connectivity index (χ2v) is 4.63. The number of aryl methyl sites for hydroxylation is 1. The molecule has 0 N–H and O–H groups in total. The molecule has 0 unspecified atom stereocenters. The average molecular weight is 209 g/mol. The first-order valence-corrected chi connectivity index (χ1v) is 5.38. The Kier molecular flexibility index (Phi) is 2.44. The lowest BCUT2D eigenvalue weighted by atomic mass is 9.85. The Morgan fingerprint density at radius 2 is 1.94 bits per heavy atom. The maximum Gasteiger partial charge on any atom is 0.0705 e. The molecule has 2 rings (SSSR count). The van der Waals surface area contributed by atoms with Gasteiger partial charge in [0.2, 0.25) is 0 Å². The highest BCUT2D eigenvalue weighted by Crippen LogP contribution is 2.25. The average Bonchev–Trinajstić information content (AvgIpc) is 2.28. The van der Waals surface area contributed by atoms with E-state index in [2.05, 4.69) is 43.0 Å². The lowest BCUT2D eigenvalue weighted by Gasteiger charge is -2.18. The van der Waals surface area contributed by atoms with Crippen LogP contribution in [-0.2, 0) is 5.41 Å².